The first-order valence-electron chi connectivity index (χ1n) is 9.46. The summed E-state index contributed by atoms with van der Waals surface area (Å²) >= 11 is 0. The molecule has 1 aliphatic heterocycles. The van der Waals surface area contributed by atoms with E-state index in [2.05, 4.69) is 18.8 Å². The normalized spacial score (nSPS) is 26.7. The van der Waals surface area contributed by atoms with E-state index in [-0.39, 0.29) is 17.9 Å². The van der Waals surface area contributed by atoms with Crippen LogP contribution in [0.15, 0.2) is 18.3 Å². The zero-order valence-electron chi connectivity index (χ0n) is 15.8. The minimum Gasteiger partial charge on any atom is -0.353 e. The number of amides is 1. The lowest BCUT2D eigenvalue weighted by atomic mass is 9.74. The number of hydrogen-bond donors (Lipinski definition) is 1. The second kappa shape index (κ2) is 7.30. The number of carbonyl (C=O) groups excluding carboxylic acids is 1. The number of anilines is 1. The van der Waals surface area contributed by atoms with Crippen molar-refractivity contribution in [3.05, 3.63) is 23.9 Å². The Morgan fingerprint density at radius 2 is 1.96 bits per heavy atom. The zero-order chi connectivity index (χ0) is 19.8. The fourth-order valence-electron chi connectivity index (χ4n) is 4.30. The van der Waals surface area contributed by atoms with Gasteiger partial charge < -0.3 is 15.5 Å². The third-order valence-electron chi connectivity index (χ3n) is 6.08. The maximum absolute atomic E-state index is 13.2. The van der Waals surface area contributed by atoms with E-state index in [0.29, 0.717) is 38.4 Å². The smallest absolute Gasteiger partial charge is 0.353 e. The molecule has 3 rings (SSSR count). The highest BCUT2D eigenvalue weighted by Gasteiger charge is 2.48. The van der Waals surface area contributed by atoms with Crippen LogP contribution in [-0.4, -0.2) is 48.0 Å². The number of halogens is 3. The third kappa shape index (κ3) is 3.90. The van der Waals surface area contributed by atoms with Crippen LogP contribution in [0.25, 0.3) is 0 Å². The minimum absolute atomic E-state index is 0.0620. The molecule has 2 aliphatic rings. The van der Waals surface area contributed by atoms with Crippen molar-refractivity contribution in [3.8, 4) is 0 Å². The van der Waals surface area contributed by atoms with E-state index < -0.39 is 17.2 Å². The van der Waals surface area contributed by atoms with E-state index in [4.69, 9.17) is 5.73 Å². The molecule has 0 spiro atoms. The van der Waals surface area contributed by atoms with Crippen LogP contribution in [0.3, 0.4) is 0 Å². The number of aromatic nitrogens is 1. The summed E-state index contributed by atoms with van der Waals surface area (Å²) in [5, 5.41) is 0. The molecule has 2 fully saturated rings. The van der Waals surface area contributed by atoms with Gasteiger partial charge in [-0.25, -0.2) is 4.98 Å². The lowest BCUT2D eigenvalue weighted by Gasteiger charge is -2.42. The van der Waals surface area contributed by atoms with Gasteiger partial charge in [-0.3, -0.25) is 4.79 Å². The summed E-state index contributed by atoms with van der Waals surface area (Å²) in [6.07, 6.45) is -0.833. The molecule has 2 N–H and O–H groups in total. The largest absolute Gasteiger partial charge is 0.416 e. The number of nitrogens with zero attached hydrogens (tertiary/aromatic N) is 3. The molecule has 1 aromatic rings. The number of pyridine rings is 1. The van der Waals surface area contributed by atoms with E-state index in [1.165, 1.54) is 6.20 Å². The maximum atomic E-state index is 13.2. The van der Waals surface area contributed by atoms with Crippen molar-refractivity contribution in [1.82, 2.24) is 9.88 Å². The van der Waals surface area contributed by atoms with Crippen molar-refractivity contribution in [2.75, 3.05) is 31.1 Å². The average molecular weight is 384 g/mol. The van der Waals surface area contributed by atoms with Gasteiger partial charge >= 0.3 is 6.18 Å². The molecular weight excluding hydrogens is 357 g/mol. The van der Waals surface area contributed by atoms with Gasteiger partial charge in [0, 0.05) is 38.4 Å². The summed E-state index contributed by atoms with van der Waals surface area (Å²) in [5.74, 6) is 0.655. The highest BCUT2D eigenvalue weighted by Crippen LogP contribution is 2.45. The molecule has 0 bridgehead atoms. The molecule has 27 heavy (non-hydrogen) atoms. The molecule has 1 saturated carbocycles. The Morgan fingerprint density at radius 1 is 1.30 bits per heavy atom. The number of nitrogens with two attached hydrogens (primary N) is 1. The molecule has 5 nitrogen and oxygen atoms in total. The number of carbonyl (C=O) groups is 1. The van der Waals surface area contributed by atoms with E-state index in [0.717, 1.165) is 25.0 Å². The quantitative estimate of drug-likeness (QED) is 0.871. The molecule has 0 radical (unpaired) electrons. The maximum Gasteiger partial charge on any atom is 0.416 e. The predicted octanol–water partition coefficient (Wildman–Crippen LogP) is 2.90. The molecule has 8 heteroatoms. The number of hydrogen-bond acceptors (Lipinski definition) is 4. The van der Waals surface area contributed by atoms with Crippen LogP contribution in [-0.2, 0) is 11.0 Å². The Bertz CT molecular complexity index is 686. The average Bonchev–Trinajstić information content (AvgIpc) is 3.04. The summed E-state index contributed by atoms with van der Waals surface area (Å²) in [6.45, 7) is 6.05. The van der Waals surface area contributed by atoms with Crippen molar-refractivity contribution >= 4 is 11.7 Å². The standard InChI is InChI=1S/C19H27F3N4O/c1-13(2)18(5-3-15(23)12-18)17(27)26-9-7-25(8-10-26)16-11-14(4-6-24-16)19(20,21)22/h4,6,11,13,15H,3,5,7-10,12,23H2,1-2H3. The first-order chi connectivity index (χ1) is 12.6. The second-order valence-electron chi connectivity index (χ2n) is 7.99. The summed E-state index contributed by atoms with van der Waals surface area (Å²) in [5.41, 5.74) is 4.97. The van der Waals surface area contributed by atoms with Crippen molar-refractivity contribution in [2.45, 2.75) is 45.3 Å². The Hall–Kier alpha value is -1.83. The zero-order valence-corrected chi connectivity index (χ0v) is 15.8. The van der Waals surface area contributed by atoms with Gasteiger partial charge in [-0.05, 0) is 37.3 Å². The molecule has 0 aromatic carbocycles. The second-order valence-corrected chi connectivity index (χ2v) is 7.99. The molecule has 2 unspecified atom stereocenters. The molecular formula is C19H27F3N4O. The first kappa shape index (κ1) is 19.9. The van der Waals surface area contributed by atoms with Gasteiger partial charge in [0.25, 0.3) is 0 Å². The predicted molar refractivity (Wildman–Crippen MR) is 97.1 cm³/mol. The van der Waals surface area contributed by atoms with Gasteiger partial charge in [-0.2, -0.15) is 13.2 Å². The van der Waals surface area contributed by atoms with Crippen molar-refractivity contribution in [3.63, 3.8) is 0 Å². The van der Waals surface area contributed by atoms with Crippen molar-refractivity contribution in [1.29, 1.82) is 0 Å². The highest BCUT2D eigenvalue weighted by atomic mass is 19.4. The number of piperazine rings is 1. The lowest BCUT2D eigenvalue weighted by molar-refractivity contribution is -0.145. The molecule has 2 heterocycles. The Kier molecular flexibility index (Phi) is 5.38. The summed E-state index contributed by atoms with van der Waals surface area (Å²) in [7, 11) is 0. The van der Waals surface area contributed by atoms with Gasteiger partial charge in [0.2, 0.25) is 5.91 Å². The Balaban J connectivity index is 1.68. The number of rotatable bonds is 3. The van der Waals surface area contributed by atoms with E-state index in [1.54, 1.807) is 4.90 Å². The van der Waals surface area contributed by atoms with Gasteiger partial charge in [0.05, 0.1) is 11.0 Å². The van der Waals surface area contributed by atoms with Crippen LogP contribution >= 0.6 is 0 Å². The van der Waals surface area contributed by atoms with Gasteiger partial charge in [-0.1, -0.05) is 13.8 Å². The van der Waals surface area contributed by atoms with Crippen LogP contribution in [0, 0.1) is 11.3 Å². The summed E-state index contributed by atoms with van der Waals surface area (Å²) in [4.78, 5) is 21.0. The van der Waals surface area contributed by atoms with Crippen LogP contribution in [0.2, 0.25) is 0 Å². The molecule has 2 atom stereocenters. The highest BCUT2D eigenvalue weighted by molar-refractivity contribution is 5.83. The third-order valence-corrected chi connectivity index (χ3v) is 6.08. The lowest BCUT2D eigenvalue weighted by Crippen LogP contribution is -2.54. The summed E-state index contributed by atoms with van der Waals surface area (Å²) in [6, 6.07) is 2.11. The number of alkyl halides is 3. The van der Waals surface area contributed by atoms with E-state index in [9.17, 15) is 18.0 Å². The van der Waals surface area contributed by atoms with Gasteiger partial charge in [0.1, 0.15) is 5.82 Å². The van der Waals surface area contributed by atoms with Gasteiger partial charge in [0.15, 0.2) is 0 Å². The monoisotopic (exact) mass is 384 g/mol. The van der Waals surface area contributed by atoms with Crippen LogP contribution < -0.4 is 10.6 Å². The fourth-order valence-corrected chi connectivity index (χ4v) is 4.30. The van der Waals surface area contributed by atoms with Crippen molar-refractivity contribution < 1.29 is 18.0 Å². The Labute approximate surface area is 157 Å². The van der Waals surface area contributed by atoms with Gasteiger partial charge in [-0.15, -0.1) is 0 Å². The topological polar surface area (TPSA) is 62.5 Å². The van der Waals surface area contributed by atoms with Crippen LogP contribution in [0.1, 0.15) is 38.7 Å². The first-order valence-corrected chi connectivity index (χ1v) is 9.46. The minimum atomic E-state index is -4.39. The molecule has 1 amide bonds. The van der Waals surface area contributed by atoms with E-state index in [1.807, 2.05) is 4.90 Å². The molecule has 1 aromatic heterocycles. The SMILES string of the molecule is CC(C)C1(C(=O)N2CCN(c3cc(C(F)(F)F)ccn3)CC2)CCC(N)C1. The van der Waals surface area contributed by atoms with Crippen molar-refractivity contribution in [2.24, 2.45) is 17.1 Å². The van der Waals surface area contributed by atoms with E-state index >= 15 is 0 Å². The molecule has 150 valence electrons. The fraction of sp³-hybridized carbons (Fsp3) is 0.684. The summed E-state index contributed by atoms with van der Waals surface area (Å²) < 4.78 is 38.7. The Morgan fingerprint density at radius 3 is 2.48 bits per heavy atom. The molecule has 1 aliphatic carbocycles. The molecule has 1 saturated heterocycles. The van der Waals surface area contributed by atoms with Crippen LogP contribution in [0.4, 0.5) is 19.0 Å². The van der Waals surface area contributed by atoms with Crippen LogP contribution in [0.5, 0.6) is 0 Å².